The monoisotopic (exact) mass is 438 g/mol. The third-order valence-electron chi connectivity index (χ3n) is 5.51. The molecule has 32 heavy (non-hydrogen) atoms. The highest BCUT2D eigenvalue weighted by Gasteiger charge is 2.29. The molecule has 0 atom stereocenters. The normalized spacial score (nSPS) is 11.4. The number of rotatable bonds is 2. The summed E-state index contributed by atoms with van der Waals surface area (Å²) in [5.74, 6) is -11.0. The summed E-state index contributed by atoms with van der Waals surface area (Å²) in [6.07, 6.45) is 0. The van der Waals surface area contributed by atoms with Crippen molar-refractivity contribution in [1.29, 1.82) is 0 Å². The van der Waals surface area contributed by atoms with Crippen LogP contribution in [0, 0.1) is 34.9 Å². The van der Waals surface area contributed by atoms with Crippen molar-refractivity contribution in [3.05, 3.63) is 108 Å². The van der Waals surface area contributed by atoms with Crippen LogP contribution in [0.25, 0.3) is 43.8 Å². The molecule has 0 aliphatic carbocycles. The average molecular weight is 438 g/mol. The van der Waals surface area contributed by atoms with Gasteiger partial charge in [-0.1, -0.05) is 60.7 Å². The first-order chi connectivity index (χ1) is 15.4. The Morgan fingerprint density at radius 1 is 0.375 bits per heavy atom. The summed E-state index contributed by atoms with van der Waals surface area (Å²) in [4.78, 5) is 0. The SMILES string of the molecule is Fc1ccc2c(-c3ccccc3)c3ccccc3c(-c3c(F)c(F)c(F)c(F)c3F)c2c1. The highest BCUT2D eigenvalue weighted by molar-refractivity contribution is 6.21. The first-order valence-corrected chi connectivity index (χ1v) is 9.61. The predicted molar refractivity (Wildman–Crippen MR) is 112 cm³/mol. The third-order valence-corrected chi connectivity index (χ3v) is 5.51. The smallest absolute Gasteiger partial charge is 0.200 e. The predicted octanol–water partition coefficient (Wildman–Crippen LogP) is 8.16. The van der Waals surface area contributed by atoms with Gasteiger partial charge >= 0.3 is 0 Å². The van der Waals surface area contributed by atoms with Gasteiger partial charge in [0.15, 0.2) is 23.3 Å². The van der Waals surface area contributed by atoms with E-state index < -0.39 is 40.5 Å². The van der Waals surface area contributed by atoms with E-state index >= 15 is 0 Å². The highest BCUT2D eigenvalue weighted by Crippen LogP contribution is 2.45. The standard InChI is InChI=1S/C26H12F6/c27-14-10-11-17-18(12-14)20(21-22(28)24(30)26(32)25(31)23(21)29)16-9-5-4-8-15(16)19(17)13-6-2-1-3-7-13/h1-12H. The van der Waals surface area contributed by atoms with E-state index in [2.05, 4.69) is 0 Å². The summed E-state index contributed by atoms with van der Waals surface area (Å²) >= 11 is 0. The van der Waals surface area contributed by atoms with Gasteiger partial charge in [0.25, 0.3) is 0 Å². The fourth-order valence-corrected chi connectivity index (χ4v) is 4.16. The zero-order valence-corrected chi connectivity index (χ0v) is 16.2. The second-order valence-electron chi connectivity index (χ2n) is 7.30. The average Bonchev–Trinajstić information content (AvgIpc) is 2.82. The number of hydrogen-bond acceptors (Lipinski definition) is 0. The van der Waals surface area contributed by atoms with Gasteiger partial charge in [-0.25, -0.2) is 26.3 Å². The Hall–Kier alpha value is -3.80. The van der Waals surface area contributed by atoms with Crippen LogP contribution in [0.4, 0.5) is 26.3 Å². The van der Waals surface area contributed by atoms with Crippen LogP contribution in [0.15, 0.2) is 72.8 Å². The molecule has 0 fully saturated rings. The molecule has 6 heteroatoms. The van der Waals surface area contributed by atoms with Crippen LogP contribution in [-0.4, -0.2) is 0 Å². The Morgan fingerprint density at radius 2 is 0.875 bits per heavy atom. The van der Waals surface area contributed by atoms with Crippen LogP contribution < -0.4 is 0 Å². The minimum Gasteiger partial charge on any atom is -0.207 e. The molecule has 0 heterocycles. The minimum atomic E-state index is -2.25. The number of hydrogen-bond donors (Lipinski definition) is 0. The molecular formula is C26H12F6. The zero-order valence-electron chi connectivity index (χ0n) is 16.2. The molecule has 0 aliphatic rings. The number of fused-ring (bicyclic) bond motifs is 2. The Kier molecular flexibility index (Phi) is 4.66. The molecule has 0 aliphatic heterocycles. The van der Waals surface area contributed by atoms with Gasteiger partial charge in [-0.15, -0.1) is 0 Å². The van der Waals surface area contributed by atoms with E-state index in [0.717, 1.165) is 11.6 Å². The third kappa shape index (κ3) is 2.87. The van der Waals surface area contributed by atoms with Crippen LogP contribution in [0.3, 0.4) is 0 Å². The summed E-state index contributed by atoms with van der Waals surface area (Å²) in [6.45, 7) is 0. The fourth-order valence-electron chi connectivity index (χ4n) is 4.16. The second-order valence-corrected chi connectivity index (χ2v) is 7.30. The van der Waals surface area contributed by atoms with Crippen LogP contribution in [0.5, 0.6) is 0 Å². The van der Waals surface area contributed by atoms with Crippen molar-refractivity contribution in [3.63, 3.8) is 0 Å². The van der Waals surface area contributed by atoms with Gasteiger partial charge in [-0.05, 0) is 44.8 Å². The molecule has 0 amide bonds. The highest BCUT2D eigenvalue weighted by atomic mass is 19.2. The molecule has 0 saturated heterocycles. The van der Waals surface area contributed by atoms with E-state index in [1.54, 1.807) is 30.3 Å². The summed E-state index contributed by atoms with van der Waals surface area (Å²) in [6, 6.07) is 19.2. The van der Waals surface area contributed by atoms with Gasteiger partial charge in [-0.2, -0.15) is 0 Å². The van der Waals surface area contributed by atoms with Crippen molar-refractivity contribution >= 4 is 21.5 Å². The van der Waals surface area contributed by atoms with Crippen molar-refractivity contribution in [3.8, 4) is 22.3 Å². The molecular weight excluding hydrogens is 426 g/mol. The Morgan fingerprint density at radius 3 is 1.50 bits per heavy atom. The summed E-state index contributed by atoms with van der Waals surface area (Å²) in [7, 11) is 0. The molecule has 0 nitrogen and oxygen atoms in total. The topological polar surface area (TPSA) is 0 Å². The maximum Gasteiger partial charge on any atom is 0.200 e. The van der Waals surface area contributed by atoms with Crippen LogP contribution in [0.1, 0.15) is 0 Å². The molecule has 0 saturated carbocycles. The quantitative estimate of drug-likeness (QED) is 0.113. The molecule has 0 N–H and O–H groups in total. The zero-order chi connectivity index (χ0) is 22.6. The van der Waals surface area contributed by atoms with Gasteiger partial charge in [-0.3, -0.25) is 0 Å². The van der Waals surface area contributed by atoms with E-state index in [4.69, 9.17) is 0 Å². The summed E-state index contributed by atoms with van der Waals surface area (Å²) < 4.78 is 85.9. The van der Waals surface area contributed by atoms with Gasteiger partial charge in [0.1, 0.15) is 5.82 Å². The van der Waals surface area contributed by atoms with E-state index in [0.29, 0.717) is 16.3 Å². The van der Waals surface area contributed by atoms with E-state index in [-0.39, 0.29) is 16.3 Å². The Bertz CT molecular complexity index is 1490. The molecule has 5 rings (SSSR count). The van der Waals surface area contributed by atoms with Crippen molar-refractivity contribution in [2.75, 3.05) is 0 Å². The van der Waals surface area contributed by atoms with Crippen molar-refractivity contribution in [2.24, 2.45) is 0 Å². The van der Waals surface area contributed by atoms with Crippen LogP contribution in [-0.2, 0) is 0 Å². The van der Waals surface area contributed by atoms with Gasteiger partial charge in [0, 0.05) is 5.56 Å². The molecule has 0 unspecified atom stereocenters. The molecule has 0 spiro atoms. The van der Waals surface area contributed by atoms with Gasteiger partial charge in [0.05, 0.1) is 5.56 Å². The van der Waals surface area contributed by atoms with E-state index in [1.165, 1.54) is 18.2 Å². The Balaban J connectivity index is 2.07. The second kappa shape index (κ2) is 7.41. The maximum atomic E-state index is 14.9. The largest absolute Gasteiger partial charge is 0.207 e. The van der Waals surface area contributed by atoms with E-state index in [1.807, 2.05) is 18.2 Å². The lowest BCUT2D eigenvalue weighted by Gasteiger charge is -2.19. The maximum absolute atomic E-state index is 14.9. The number of benzene rings is 5. The van der Waals surface area contributed by atoms with Gasteiger partial charge in [0.2, 0.25) is 5.82 Å². The van der Waals surface area contributed by atoms with Crippen LogP contribution >= 0.6 is 0 Å². The molecule has 0 aromatic heterocycles. The lowest BCUT2D eigenvalue weighted by Crippen LogP contribution is -2.05. The summed E-state index contributed by atoms with van der Waals surface area (Å²) in [5.41, 5.74) is 0.0588. The van der Waals surface area contributed by atoms with Crippen molar-refractivity contribution in [2.45, 2.75) is 0 Å². The molecule has 5 aromatic carbocycles. The lowest BCUT2D eigenvalue weighted by molar-refractivity contribution is 0.381. The number of halogens is 6. The molecule has 5 aromatic rings. The molecule has 0 radical (unpaired) electrons. The van der Waals surface area contributed by atoms with Crippen molar-refractivity contribution < 1.29 is 26.3 Å². The lowest BCUT2D eigenvalue weighted by atomic mass is 9.85. The van der Waals surface area contributed by atoms with Gasteiger partial charge < -0.3 is 0 Å². The van der Waals surface area contributed by atoms with Crippen LogP contribution in [0.2, 0.25) is 0 Å². The molecule has 158 valence electrons. The first kappa shape index (κ1) is 20.1. The molecule has 0 bridgehead atoms. The Labute approximate surface area is 178 Å². The van der Waals surface area contributed by atoms with E-state index in [9.17, 15) is 26.3 Å². The minimum absolute atomic E-state index is 0.0331. The van der Waals surface area contributed by atoms with Crippen molar-refractivity contribution in [1.82, 2.24) is 0 Å². The fraction of sp³-hybridized carbons (Fsp3) is 0. The first-order valence-electron chi connectivity index (χ1n) is 9.61. The summed E-state index contributed by atoms with van der Waals surface area (Å²) in [5, 5.41) is 1.20.